The van der Waals surface area contributed by atoms with Crippen LogP contribution in [0.15, 0.2) is 0 Å². The molecule has 1 saturated heterocycles. The van der Waals surface area contributed by atoms with Crippen molar-refractivity contribution in [1.82, 2.24) is 10.2 Å². The third-order valence-electron chi connectivity index (χ3n) is 2.16. The minimum Gasteiger partial charge on any atom is -0.465 e. The number of hydrogen-bond donors (Lipinski definition) is 4. The highest BCUT2D eigenvalue weighted by molar-refractivity contribution is 5.85. The molecule has 82 valence electrons. The Morgan fingerprint density at radius 3 is 2.36 bits per heavy atom. The number of halogens is 1. The third kappa shape index (κ3) is 3.69. The summed E-state index contributed by atoms with van der Waals surface area (Å²) in [6.07, 6.45) is 0.443. The lowest BCUT2D eigenvalue weighted by atomic mass is 10.1. The van der Waals surface area contributed by atoms with E-state index < -0.39 is 6.09 Å². The van der Waals surface area contributed by atoms with Crippen LogP contribution in [0, 0.1) is 5.41 Å². The Morgan fingerprint density at radius 1 is 1.50 bits per heavy atom. The summed E-state index contributed by atoms with van der Waals surface area (Å²) in [5, 5.41) is 18.0. The van der Waals surface area contributed by atoms with Crippen LogP contribution in [0.4, 0.5) is 4.79 Å². The second-order valence-electron chi connectivity index (χ2n) is 3.10. The first-order chi connectivity index (χ1) is 6.09. The van der Waals surface area contributed by atoms with Crippen molar-refractivity contribution in [3.8, 4) is 0 Å². The summed E-state index contributed by atoms with van der Waals surface area (Å²) in [6, 6.07) is 0.00750. The second-order valence-corrected chi connectivity index (χ2v) is 3.10. The van der Waals surface area contributed by atoms with Gasteiger partial charge in [0.15, 0.2) is 5.96 Å². The minimum atomic E-state index is -0.985. The van der Waals surface area contributed by atoms with Crippen molar-refractivity contribution in [3.63, 3.8) is 0 Å². The van der Waals surface area contributed by atoms with Gasteiger partial charge < -0.3 is 21.1 Å². The summed E-state index contributed by atoms with van der Waals surface area (Å²) >= 11 is 0. The fraction of sp³-hybridized carbons (Fsp3) is 0.714. The quantitative estimate of drug-likeness (QED) is 0.371. The normalized spacial score (nSPS) is 17.0. The smallest absolute Gasteiger partial charge is 0.404 e. The van der Waals surface area contributed by atoms with Gasteiger partial charge in [-0.2, -0.15) is 0 Å². The van der Waals surface area contributed by atoms with E-state index in [-0.39, 0.29) is 24.4 Å². The van der Waals surface area contributed by atoms with Crippen LogP contribution in [0.3, 0.4) is 0 Å². The van der Waals surface area contributed by atoms with Gasteiger partial charge in [-0.1, -0.05) is 0 Å². The van der Waals surface area contributed by atoms with Crippen molar-refractivity contribution in [1.29, 1.82) is 5.41 Å². The molecule has 1 aliphatic rings. The molecule has 0 saturated carbocycles. The number of nitrogens with zero attached hydrogens (tertiary/aromatic N) is 1. The largest absolute Gasteiger partial charge is 0.465 e. The van der Waals surface area contributed by atoms with Gasteiger partial charge in [0.25, 0.3) is 0 Å². The van der Waals surface area contributed by atoms with Crippen molar-refractivity contribution in [3.05, 3.63) is 0 Å². The number of piperidine rings is 1. The van der Waals surface area contributed by atoms with Crippen molar-refractivity contribution in [2.75, 3.05) is 13.1 Å². The van der Waals surface area contributed by atoms with E-state index in [4.69, 9.17) is 16.2 Å². The molecule has 1 heterocycles. The number of hydrogen-bond acceptors (Lipinski definition) is 2. The summed E-state index contributed by atoms with van der Waals surface area (Å²) in [4.78, 5) is 12.0. The van der Waals surface area contributed by atoms with Gasteiger partial charge in [-0.25, -0.2) is 4.79 Å². The van der Waals surface area contributed by atoms with Crippen LogP contribution in [0.25, 0.3) is 0 Å². The summed E-state index contributed by atoms with van der Waals surface area (Å²) in [6.45, 7) is 1.31. The molecule has 14 heavy (non-hydrogen) atoms. The topological polar surface area (TPSA) is 102 Å². The third-order valence-corrected chi connectivity index (χ3v) is 2.16. The monoisotopic (exact) mass is 222 g/mol. The van der Waals surface area contributed by atoms with Gasteiger partial charge >= 0.3 is 6.09 Å². The number of amides is 1. The van der Waals surface area contributed by atoms with E-state index in [2.05, 4.69) is 5.32 Å². The van der Waals surface area contributed by atoms with E-state index in [9.17, 15) is 4.79 Å². The Labute approximate surface area is 88.4 Å². The summed E-state index contributed by atoms with van der Waals surface area (Å²) in [7, 11) is 0. The number of nitrogens with two attached hydrogens (primary N) is 1. The molecule has 1 aliphatic heterocycles. The maximum atomic E-state index is 10.3. The van der Waals surface area contributed by atoms with Gasteiger partial charge in [0, 0.05) is 19.1 Å². The molecular weight excluding hydrogens is 208 g/mol. The summed E-state index contributed by atoms with van der Waals surface area (Å²) in [5.74, 6) is 0.0637. The number of carboxylic acid groups (broad SMARTS) is 1. The molecule has 7 heteroatoms. The zero-order chi connectivity index (χ0) is 9.84. The van der Waals surface area contributed by atoms with E-state index in [1.807, 2.05) is 0 Å². The lowest BCUT2D eigenvalue weighted by Crippen LogP contribution is -2.48. The van der Waals surface area contributed by atoms with E-state index in [1.165, 1.54) is 0 Å². The van der Waals surface area contributed by atoms with E-state index in [0.717, 1.165) is 0 Å². The molecule has 6 nitrogen and oxygen atoms in total. The first kappa shape index (κ1) is 12.8. The molecule has 0 radical (unpaired) electrons. The van der Waals surface area contributed by atoms with Gasteiger partial charge in [-0.15, -0.1) is 12.4 Å². The van der Waals surface area contributed by atoms with Gasteiger partial charge in [0.2, 0.25) is 0 Å². The predicted molar refractivity (Wildman–Crippen MR) is 54.9 cm³/mol. The summed E-state index contributed by atoms with van der Waals surface area (Å²) < 4.78 is 0. The number of guanidine groups is 1. The molecule has 0 unspecified atom stereocenters. The average Bonchev–Trinajstić information content (AvgIpc) is 2.04. The van der Waals surface area contributed by atoms with E-state index in [1.54, 1.807) is 4.90 Å². The molecule has 0 aromatic rings. The van der Waals surface area contributed by atoms with Crippen LogP contribution in [0.5, 0.6) is 0 Å². The van der Waals surface area contributed by atoms with Crippen LogP contribution in [0.2, 0.25) is 0 Å². The maximum Gasteiger partial charge on any atom is 0.404 e. The van der Waals surface area contributed by atoms with Gasteiger partial charge in [0.05, 0.1) is 0 Å². The van der Waals surface area contributed by atoms with Crippen molar-refractivity contribution in [2.45, 2.75) is 18.9 Å². The first-order valence-corrected chi connectivity index (χ1v) is 4.18. The number of rotatable bonds is 1. The predicted octanol–water partition coefficient (Wildman–Crippen LogP) is 0.0337. The van der Waals surface area contributed by atoms with Crippen LogP contribution in [0.1, 0.15) is 12.8 Å². The van der Waals surface area contributed by atoms with Gasteiger partial charge in [0.1, 0.15) is 0 Å². The molecular formula is C7H15ClN4O2. The lowest BCUT2D eigenvalue weighted by Gasteiger charge is -2.31. The SMILES string of the molecule is Cl.N=C(N)N1CCC(NC(=O)O)CC1. The minimum absolute atomic E-state index is 0. The highest BCUT2D eigenvalue weighted by Crippen LogP contribution is 2.09. The molecule has 1 amide bonds. The van der Waals surface area contributed by atoms with Gasteiger partial charge in [-0.3, -0.25) is 5.41 Å². The summed E-state index contributed by atoms with van der Waals surface area (Å²) in [5.41, 5.74) is 5.29. The van der Waals surface area contributed by atoms with E-state index in [0.29, 0.717) is 25.9 Å². The molecule has 0 atom stereocenters. The van der Waals surface area contributed by atoms with E-state index >= 15 is 0 Å². The molecule has 5 N–H and O–H groups in total. The molecule has 0 aromatic carbocycles. The Balaban J connectivity index is 0.00000169. The zero-order valence-corrected chi connectivity index (χ0v) is 8.51. The zero-order valence-electron chi connectivity index (χ0n) is 7.69. The Hall–Kier alpha value is -1.17. The Kier molecular flexibility index (Phi) is 5.07. The molecule has 1 rings (SSSR count). The number of nitrogens with one attached hydrogen (secondary N) is 2. The fourth-order valence-electron chi connectivity index (χ4n) is 1.44. The molecule has 0 aliphatic carbocycles. The highest BCUT2D eigenvalue weighted by atomic mass is 35.5. The lowest BCUT2D eigenvalue weighted by molar-refractivity contribution is 0.182. The highest BCUT2D eigenvalue weighted by Gasteiger charge is 2.20. The molecule has 0 spiro atoms. The molecule has 1 fully saturated rings. The average molecular weight is 223 g/mol. The first-order valence-electron chi connectivity index (χ1n) is 4.18. The van der Waals surface area contributed by atoms with Crippen molar-refractivity contribution < 1.29 is 9.90 Å². The van der Waals surface area contributed by atoms with Crippen LogP contribution in [-0.2, 0) is 0 Å². The second kappa shape index (κ2) is 5.54. The van der Waals surface area contributed by atoms with Crippen LogP contribution in [-0.4, -0.2) is 41.2 Å². The van der Waals surface area contributed by atoms with Crippen molar-refractivity contribution >= 4 is 24.5 Å². The van der Waals surface area contributed by atoms with Crippen LogP contribution < -0.4 is 11.1 Å². The molecule has 0 bridgehead atoms. The standard InChI is InChI=1S/C7H14N4O2.ClH/c8-6(9)11-3-1-5(2-4-11)10-7(12)13;/h5,10H,1-4H2,(H3,8,9)(H,12,13);1H. The molecule has 0 aromatic heterocycles. The van der Waals surface area contributed by atoms with Gasteiger partial charge in [-0.05, 0) is 12.8 Å². The Bertz CT molecular complexity index is 216. The number of likely N-dealkylation sites (tertiary alicyclic amines) is 1. The van der Waals surface area contributed by atoms with Crippen molar-refractivity contribution in [2.24, 2.45) is 5.73 Å². The maximum absolute atomic E-state index is 10.3. The fourth-order valence-corrected chi connectivity index (χ4v) is 1.44. The number of carbonyl (C=O) groups is 1. The van der Waals surface area contributed by atoms with Crippen LogP contribution >= 0.6 is 12.4 Å². The Morgan fingerprint density at radius 2 is 2.00 bits per heavy atom.